The highest BCUT2D eigenvalue weighted by molar-refractivity contribution is 5.87. The maximum Gasteiger partial charge on any atom is 0.418 e. The van der Waals surface area contributed by atoms with Gasteiger partial charge in [0.1, 0.15) is 11.4 Å². The summed E-state index contributed by atoms with van der Waals surface area (Å²) in [6.07, 6.45) is -2.68. The summed E-state index contributed by atoms with van der Waals surface area (Å²) in [5.41, 5.74) is -1.40. The summed E-state index contributed by atoms with van der Waals surface area (Å²) in [7, 11) is 0. The van der Waals surface area contributed by atoms with E-state index in [0.29, 0.717) is 6.20 Å². The van der Waals surface area contributed by atoms with Crippen molar-refractivity contribution < 1.29 is 31.5 Å². The van der Waals surface area contributed by atoms with Gasteiger partial charge in [-0.15, -0.1) is 0 Å². The van der Waals surface area contributed by atoms with Crippen LogP contribution in [0.4, 0.5) is 27.6 Å². The third kappa shape index (κ3) is 3.10. The number of fused-ring (bicyclic) bond motifs is 1. The summed E-state index contributed by atoms with van der Waals surface area (Å²) in [6.45, 7) is 0. The van der Waals surface area contributed by atoms with E-state index in [-0.39, 0.29) is 17.7 Å². The normalized spacial score (nSPS) is 11.6. The fourth-order valence-corrected chi connectivity index (χ4v) is 2.25. The molecule has 0 radical (unpaired) electrons. The quantitative estimate of drug-likeness (QED) is 0.543. The number of pyridine rings is 1. The van der Waals surface area contributed by atoms with Gasteiger partial charge in [-0.3, -0.25) is 4.79 Å². The van der Waals surface area contributed by atoms with Crippen molar-refractivity contribution in [3.8, 4) is 11.5 Å². The second-order valence-corrected chi connectivity index (χ2v) is 4.87. The number of nitrogens with zero attached hydrogens (tertiary/aromatic N) is 1. The first-order valence-corrected chi connectivity index (χ1v) is 6.71. The van der Waals surface area contributed by atoms with Gasteiger partial charge in [-0.05, 0) is 6.07 Å². The molecule has 0 fully saturated rings. The Labute approximate surface area is 136 Å². The lowest BCUT2D eigenvalue weighted by Crippen LogP contribution is -2.04. The Morgan fingerprint density at radius 1 is 1.20 bits per heavy atom. The maximum atomic E-state index is 14.0. The molecule has 2 N–H and O–H groups in total. The topological polar surface area (TPSA) is 67.0 Å². The summed E-state index contributed by atoms with van der Waals surface area (Å²) in [5.74, 6) is -3.72. The Morgan fingerprint density at radius 2 is 1.88 bits per heavy atom. The van der Waals surface area contributed by atoms with Crippen molar-refractivity contribution in [1.82, 2.24) is 9.97 Å². The van der Waals surface area contributed by atoms with Crippen LogP contribution in [0.1, 0.15) is 5.56 Å². The Kier molecular flexibility index (Phi) is 4.03. The molecule has 5 nitrogen and oxygen atoms in total. The number of amides is 1. The lowest BCUT2D eigenvalue weighted by atomic mass is 10.2. The Morgan fingerprint density at radius 3 is 2.48 bits per heavy atom. The van der Waals surface area contributed by atoms with Crippen LogP contribution in [-0.4, -0.2) is 16.4 Å². The van der Waals surface area contributed by atoms with Gasteiger partial charge in [0.25, 0.3) is 0 Å². The molecule has 0 aliphatic carbocycles. The first kappa shape index (κ1) is 16.7. The highest BCUT2D eigenvalue weighted by atomic mass is 19.4. The van der Waals surface area contributed by atoms with Crippen molar-refractivity contribution in [3.63, 3.8) is 0 Å². The molecule has 2 aromatic heterocycles. The number of benzene rings is 1. The smallest absolute Gasteiger partial charge is 0.418 e. The number of aromatic nitrogens is 2. The number of hydrogen-bond donors (Lipinski definition) is 2. The van der Waals surface area contributed by atoms with Crippen molar-refractivity contribution in [2.45, 2.75) is 6.18 Å². The van der Waals surface area contributed by atoms with Crippen molar-refractivity contribution in [1.29, 1.82) is 0 Å². The van der Waals surface area contributed by atoms with Gasteiger partial charge in [-0.2, -0.15) is 13.2 Å². The van der Waals surface area contributed by atoms with E-state index in [1.807, 2.05) is 0 Å². The minimum absolute atomic E-state index is 0.148. The summed E-state index contributed by atoms with van der Waals surface area (Å²) < 4.78 is 72.3. The van der Waals surface area contributed by atoms with E-state index in [1.54, 1.807) is 0 Å². The minimum Gasteiger partial charge on any atom is -0.450 e. The molecule has 0 saturated heterocycles. The van der Waals surface area contributed by atoms with Crippen molar-refractivity contribution in [2.75, 3.05) is 5.32 Å². The van der Waals surface area contributed by atoms with Gasteiger partial charge in [0.05, 0.1) is 10.9 Å². The van der Waals surface area contributed by atoms with Crippen molar-refractivity contribution >= 4 is 23.1 Å². The molecule has 25 heavy (non-hydrogen) atoms. The van der Waals surface area contributed by atoms with Crippen molar-refractivity contribution in [3.05, 3.63) is 47.8 Å². The molecule has 2 heterocycles. The van der Waals surface area contributed by atoms with Crippen molar-refractivity contribution in [2.24, 2.45) is 0 Å². The molecule has 0 unspecified atom stereocenters. The third-order valence-electron chi connectivity index (χ3n) is 3.28. The molecule has 1 aromatic carbocycles. The van der Waals surface area contributed by atoms with Crippen LogP contribution in [-0.2, 0) is 11.0 Å². The molecule has 0 aliphatic heterocycles. The number of H-pyrrole nitrogens is 1. The maximum absolute atomic E-state index is 14.0. The second-order valence-electron chi connectivity index (χ2n) is 4.87. The highest BCUT2D eigenvalue weighted by Crippen LogP contribution is 2.40. The molecule has 130 valence electrons. The molecule has 10 heteroatoms. The number of carbonyl (C=O) groups excluding carboxylic acids is 1. The number of hydrogen-bond acceptors (Lipinski definition) is 3. The summed E-state index contributed by atoms with van der Waals surface area (Å²) >= 11 is 0. The molecule has 1 amide bonds. The molecule has 0 saturated carbocycles. The second kappa shape index (κ2) is 6.04. The number of carbonyl (C=O) groups is 1. The SMILES string of the molecule is O=CNc1cc(F)c(Oc2ccnc3[nH]cc(C(F)(F)F)c23)c(F)c1. The molecule has 0 atom stereocenters. The largest absolute Gasteiger partial charge is 0.450 e. The number of anilines is 1. The third-order valence-corrected chi connectivity index (χ3v) is 3.28. The summed E-state index contributed by atoms with van der Waals surface area (Å²) in [4.78, 5) is 16.4. The van der Waals surface area contributed by atoms with Crippen LogP contribution in [0.2, 0.25) is 0 Å². The van der Waals surface area contributed by atoms with Crippen LogP contribution in [0.3, 0.4) is 0 Å². The van der Waals surface area contributed by atoms with E-state index in [2.05, 4.69) is 15.3 Å². The van der Waals surface area contributed by atoms with Crippen LogP contribution < -0.4 is 10.1 Å². The number of rotatable bonds is 4. The number of ether oxygens (including phenoxy) is 1. The molecular weight excluding hydrogens is 349 g/mol. The molecule has 3 aromatic rings. The van der Waals surface area contributed by atoms with Gasteiger partial charge in [0.15, 0.2) is 17.4 Å². The number of alkyl halides is 3. The average Bonchev–Trinajstić information content (AvgIpc) is 2.96. The Balaban J connectivity index is 2.10. The van der Waals surface area contributed by atoms with Crippen LogP contribution >= 0.6 is 0 Å². The minimum atomic E-state index is -4.71. The first-order chi connectivity index (χ1) is 11.8. The molecule has 0 aliphatic rings. The summed E-state index contributed by atoms with van der Waals surface area (Å²) in [6, 6.07) is 2.60. The van der Waals surface area contributed by atoms with Crippen LogP contribution in [0.5, 0.6) is 11.5 Å². The van der Waals surface area contributed by atoms with Gasteiger partial charge < -0.3 is 15.0 Å². The van der Waals surface area contributed by atoms with Gasteiger partial charge in [-0.1, -0.05) is 0 Å². The predicted molar refractivity (Wildman–Crippen MR) is 77.2 cm³/mol. The van der Waals surface area contributed by atoms with Gasteiger partial charge in [0.2, 0.25) is 6.41 Å². The monoisotopic (exact) mass is 357 g/mol. The molecule has 0 bridgehead atoms. The number of aromatic amines is 1. The number of halogens is 5. The van der Waals surface area contributed by atoms with Crippen LogP contribution in [0.25, 0.3) is 11.0 Å². The Bertz CT molecular complexity index is 929. The zero-order chi connectivity index (χ0) is 18.2. The zero-order valence-electron chi connectivity index (χ0n) is 12.1. The molecular formula is C15H8F5N3O2. The first-order valence-electron chi connectivity index (χ1n) is 6.71. The average molecular weight is 357 g/mol. The van der Waals surface area contributed by atoms with Gasteiger partial charge in [0, 0.05) is 30.2 Å². The molecule has 3 rings (SSSR count). The fourth-order valence-electron chi connectivity index (χ4n) is 2.25. The van der Waals surface area contributed by atoms with Crippen LogP contribution in [0.15, 0.2) is 30.6 Å². The van der Waals surface area contributed by atoms with E-state index in [4.69, 9.17) is 4.74 Å². The van der Waals surface area contributed by atoms with E-state index in [9.17, 15) is 26.7 Å². The highest BCUT2D eigenvalue weighted by Gasteiger charge is 2.35. The predicted octanol–water partition coefficient (Wildman–Crippen LogP) is 4.22. The fraction of sp³-hybridized carbons (Fsp3) is 0.0667. The molecule has 0 spiro atoms. The lowest BCUT2D eigenvalue weighted by molar-refractivity contribution is -0.136. The zero-order valence-corrected chi connectivity index (χ0v) is 12.1. The summed E-state index contributed by atoms with van der Waals surface area (Å²) in [5, 5.41) is 1.60. The number of nitrogens with one attached hydrogen (secondary N) is 2. The van der Waals surface area contributed by atoms with Gasteiger partial charge >= 0.3 is 6.18 Å². The lowest BCUT2D eigenvalue weighted by Gasteiger charge is -2.12. The Hall–Kier alpha value is -3.17. The van der Waals surface area contributed by atoms with Crippen LogP contribution in [0, 0.1) is 11.6 Å². The van der Waals surface area contributed by atoms with Gasteiger partial charge in [-0.25, -0.2) is 13.8 Å². The van der Waals surface area contributed by atoms with E-state index in [1.165, 1.54) is 0 Å². The van der Waals surface area contributed by atoms with E-state index in [0.717, 1.165) is 24.4 Å². The van der Waals surface area contributed by atoms with E-state index >= 15 is 0 Å². The standard InChI is InChI=1S/C15H8F5N3O2/c16-9-3-7(23-6-24)4-10(17)13(9)25-11-1-2-21-14-12(11)8(5-22-14)15(18,19)20/h1-6H,(H,21,22)(H,23,24). The van der Waals surface area contributed by atoms with E-state index < -0.39 is 40.3 Å².